The van der Waals surface area contributed by atoms with Crippen molar-refractivity contribution in [1.82, 2.24) is 30.0 Å². The predicted octanol–water partition coefficient (Wildman–Crippen LogP) is 4.49. The summed E-state index contributed by atoms with van der Waals surface area (Å²) in [5.74, 6) is -0.148. The van der Waals surface area contributed by atoms with Crippen LogP contribution < -0.4 is 25.3 Å². The average Bonchev–Trinajstić information content (AvgIpc) is 3.64. The summed E-state index contributed by atoms with van der Waals surface area (Å²) < 4.78 is 40.4. The van der Waals surface area contributed by atoms with E-state index in [2.05, 4.69) is 46.3 Å². The number of aromatic nitrogens is 2. The van der Waals surface area contributed by atoms with Crippen LogP contribution in [-0.2, 0) is 27.1 Å². The molecular weight excluding hydrogens is 828 g/mol. The van der Waals surface area contributed by atoms with Crippen molar-refractivity contribution in [2.45, 2.75) is 76.2 Å². The van der Waals surface area contributed by atoms with Crippen molar-refractivity contribution in [3.8, 4) is 6.07 Å². The molecule has 338 valence electrons. The van der Waals surface area contributed by atoms with Crippen molar-refractivity contribution in [3.05, 3.63) is 71.2 Å². The van der Waals surface area contributed by atoms with Crippen LogP contribution in [0.2, 0.25) is 0 Å². The molecule has 5 fully saturated rings. The Morgan fingerprint density at radius 1 is 0.781 bits per heavy atom. The SMILES string of the molecule is N#Cc1ncc(N2CCC(C(=O)Nc3ccc(N4CCC(CN5CCN(C6CCN(c7ccc8c(c7)CN(C7CCC(=O)NC7=O)C8=O)CC6)CC5)CC4)cn3)CC2)cc1C(F)(F)F. The first-order valence-corrected chi connectivity index (χ1v) is 22.6. The van der Waals surface area contributed by atoms with E-state index in [1.807, 2.05) is 30.5 Å². The third-order valence-electron chi connectivity index (χ3n) is 14.3. The number of piperidine rings is 4. The highest BCUT2D eigenvalue weighted by Gasteiger charge is 2.40. The van der Waals surface area contributed by atoms with Crippen LogP contribution in [0.3, 0.4) is 0 Å². The van der Waals surface area contributed by atoms with Crippen LogP contribution in [0.4, 0.5) is 36.1 Å². The molecule has 18 heteroatoms. The molecule has 1 unspecified atom stereocenters. The van der Waals surface area contributed by atoms with E-state index in [9.17, 15) is 32.3 Å². The van der Waals surface area contributed by atoms with Crippen LogP contribution in [0.1, 0.15) is 78.5 Å². The number of anilines is 4. The second kappa shape index (κ2) is 18.4. The number of carbonyl (C=O) groups excluding carboxylic acids is 4. The fourth-order valence-corrected chi connectivity index (χ4v) is 10.5. The number of imide groups is 1. The zero-order valence-corrected chi connectivity index (χ0v) is 35.9. The van der Waals surface area contributed by atoms with Crippen LogP contribution in [-0.4, -0.2) is 132 Å². The number of alkyl halides is 3. The fourth-order valence-electron chi connectivity index (χ4n) is 10.5. The number of nitriles is 1. The smallest absolute Gasteiger partial charge is 0.371 e. The number of amides is 4. The molecule has 0 spiro atoms. The summed E-state index contributed by atoms with van der Waals surface area (Å²) in [5, 5.41) is 14.4. The largest absolute Gasteiger partial charge is 0.419 e. The van der Waals surface area contributed by atoms with Gasteiger partial charge in [0.15, 0.2) is 5.69 Å². The molecule has 5 saturated heterocycles. The highest BCUT2D eigenvalue weighted by molar-refractivity contribution is 6.05. The van der Waals surface area contributed by atoms with Gasteiger partial charge in [-0.1, -0.05) is 0 Å². The van der Waals surface area contributed by atoms with E-state index in [1.165, 1.54) is 12.3 Å². The van der Waals surface area contributed by atoms with Gasteiger partial charge < -0.3 is 29.8 Å². The zero-order chi connectivity index (χ0) is 44.5. The molecule has 0 bridgehead atoms. The van der Waals surface area contributed by atoms with Gasteiger partial charge in [-0.15, -0.1) is 0 Å². The number of nitrogens with zero attached hydrogens (tertiary/aromatic N) is 9. The quantitative estimate of drug-likeness (QED) is 0.291. The molecule has 2 N–H and O–H groups in total. The Hall–Kier alpha value is -5.80. The number of piperazine rings is 1. The maximum Gasteiger partial charge on any atom is 0.419 e. The zero-order valence-electron chi connectivity index (χ0n) is 35.9. The average molecular weight is 882 g/mol. The highest BCUT2D eigenvalue weighted by Crippen LogP contribution is 2.36. The second-order valence-electron chi connectivity index (χ2n) is 18.1. The lowest BCUT2D eigenvalue weighted by Crippen LogP contribution is -2.54. The van der Waals surface area contributed by atoms with Crippen LogP contribution in [0.5, 0.6) is 0 Å². The molecule has 0 radical (unpaired) electrons. The summed E-state index contributed by atoms with van der Waals surface area (Å²) in [6.45, 7) is 10.4. The summed E-state index contributed by atoms with van der Waals surface area (Å²) in [7, 11) is 0. The molecule has 6 aliphatic rings. The topological polar surface area (TPSA) is 161 Å². The fraction of sp³-hybridized carbons (Fsp3) is 0.543. The van der Waals surface area contributed by atoms with E-state index in [4.69, 9.17) is 5.26 Å². The standard InChI is InChI=1S/C46H54F3N11O4/c47-46(48,49)38-24-36(27-51-39(38)25-50)58-15-9-31(10-16-58)43(62)53-41-5-2-35(26-52-41)57-13-7-30(8-14-57)28-55-19-21-59(22-20-55)33-11-17-56(18-12-33)34-1-3-37-32(23-34)29-60(45(37)64)40-4-6-42(61)54-44(40)63/h1-3,5,23-24,26-27,30-31,33,40H,4,6-22,28-29H2,(H,52,53,62)(H,54,61,63). The molecule has 8 heterocycles. The van der Waals surface area contributed by atoms with E-state index >= 15 is 0 Å². The first-order valence-electron chi connectivity index (χ1n) is 22.6. The Kier molecular flexibility index (Phi) is 12.5. The van der Waals surface area contributed by atoms with Gasteiger partial charge in [-0.2, -0.15) is 18.4 Å². The third kappa shape index (κ3) is 9.37. The van der Waals surface area contributed by atoms with Crippen molar-refractivity contribution >= 4 is 46.5 Å². The molecule has 15 nitrogen and oxygen atoms in total. The molecule has 4 amide bonds. The molecule has 2 aromatic heterocycles. The predicted molar refractivity (Wildman–Crippen MR) is 232 cm³/mol. The van der Waals surface area contributed by atoms with Gasteiger partial charge in [0, 0.05) is 108 Å². The number of nitrogens with one attached hydrogen (secondary N) is 2. The lowest BCUT2D eigenvalue weighted by atomic mass is 9.95. The second-order valence-corrected chi connectivity index (χ2v) is 18.1. The van der Waals surface area contributed by atoms with Gasteiger partial charge in [0.1, 0.15) is 17.9 Å². The number of halogens is 3. The number of carbonyl (C=O) groups is 4. The number of rotatable bonds is 9. The first kappa shape index (κ1) is 43.5. The molecule has 1 atom stereocenters. The molecule has 0 aliphatic carbocycles. The van der Waals surface area contributed by atoms with E-state index in [-0.39, 0.29) is 41.7 Å². The van der Waals surface area contributed by atoms with Gasteiger partial charge in [-0.3, -0.25) is 29.4 Å². The molecule has 3 aromatic rings. The Balaban J connectivity index is 0.668. The van der Waals surface area contributed by atoms with E-state index in [1.54, 1.807) is 9.80 Å². The van der Waals surface area contributed by atoms with E-state index < -0.39 is 23.5 Å². The van der Waals surface area contributed by atoms with Crippen molar-refractivity contribution in [2.24, 2.45) is 11.8 Å². The molecular formula is C46H54F3N11O4. The summed E-state index contributed by atoms with van der Waals surface area (Å²) in [6.07, 6.45) is 4.37. The third-order valence-corrected chi connectivity index (χ3v) is 14.3. The van der Waals surface area contributed by atoms with Crippen molar-refractivity contribution in [1.29, 1.82) is 5.26 Å². The van der Waals surface area contributed by atoms with Crippen molar-refractivity contribution in [2.75, 3.05) is 92.0 Å². The number of pyridine rings is 2. The first-order chi connectivity index (χ1) is 30.9. The van der Waals surface area contributed by atoms with Crippen LogP contribution in [0, 0.1) is 23.2 Å². The Morgan fingerprint density at radius 3 is 2.11 bits per heavy atom. The molecule has 0 saturated carbocycles. The van der Waals surface area contributed by atoms with Crippen molar-refractivity contribution in [3.63, 3.8) is 0 Å². The van der Waals surface area contributed by atoms with E-state index in [0.29, 0.717) is 62.2 Å². The van der Waals surface area contributed by atoms with Crippen LogP contribution in [0.15, 0.2) is 48.8 Å². The minimum absolute atomic E-state index is 0.139. The number of hydrogen-bond acceptors (Lipinski definition) is 12. The lowest BCUT2D eigenvalue weighted by Gasteiger charge is -2.44. The Bertz CT molecular complexity index is 2270. The van der Waals surface area contributed by atoms with Gasteiger partial charge in [0.2, 0.25) is 17.7 Å². The van der Waals surface area contributed by atoms with Gasteiger partial charge in [0.05, 0.1) is 29.3 Å². The minimum Gasteiger partial charge on any atom is -0.371 e. The summed E-state index contributed by atoms with van der Waals surface area (Å²) in [5.41, 5.74) is 2.32. The monoisotopic (exact) mass is 881 g/mol. The van der Waals surface area contributed by atoms with Gasteiger partial charge in [-0.05, 0) is 92.8 Å². The van der Waals surface area contributed by atoms with E-state index in [0.717, 1.165) is 108 Å². The number of fused-ring (bicyclic) bond motifs is 1. The minimum atomic E-state index is -4.68. The van der Waals surface area contributed by atoms with Gasteiger partial charge >= 0.3 is 6.18 Å². The summed E-state index contributed by atoms with van der Waals surface area (Å²) >= 11 is 0. The Morgan fingerprint density at radius 2 is 1.44 bits per heavy atom. The van der Waals surface area contributed by atoms with Gasteiger partial charge in [0.25, 0.3) is 5.91 Å². The maximum absolute atomic E-state index is 13.5. The van der Waals surface area contributed by atoms with Crippen LogP contribution in [0.25, 0.3) is 0 Å². The highest BCUT2D eigenvalue weighted by atomic mass is 19.4. The molecule has 9 rings (SSSR count). The maximum atomic E-state index is 13.5. The number of hydrogen-bond donors (Lipinski definition) is 2. The normalized spacial score (nSPS) is 22.4. The number of benzene rings is 1. The van der Waals surface area contributed by atoms with Crippen LogP contribution >= 0.6 is 0 Å². The molecule has 6 aliphatic heterocycles. The van der Waals surface area contributed by atoms with Gasteiger partial charge in [-0.25, -0.2) is 9.97 Å². The summed E-state index contributed by atoms with van der Waals surface area (Å²) in [4.78, 5) is 72.1. The Labute approximate surface area is 370 Å². The summed E-state index contributed by atoms with van der Waals surface area (Å²) in [6, 6.07) is 12.3. The lowest BCUT2D eigenvalue weighted by molar-refractivity contribution is -0.138. The molecule has 64 heavy (non-hydrogen) atoms. The van der Waals surface area contributed by atoms with Crippen molar-refractivity contribution < 1.29 is 32.3 Å². The molecule has 1 aromatic carbocycles.